The van der Waals surface area contributed by atoms with Crippen LogP contribution in [-0.2, 0) is 9.59 Å². The lowest BCUT2D eigenvalue weighted by atomic mass is 10.2. The van der Waals surface area contributed by atoms with E-state index in [1.165, 1.54) is 19.1 Å². The maximum Gasteiger partial charge on any atom is 0.267 e. The second kappa shape index (κ2) is 8.18. The minimum Gasteiger partial charge on any atom is -0.495 e. The van der Waals surface area contributed by atoms with Crippen molar-refractivity contribution in [2.24, 2.45) is 0 Å². The Morgan fingerprint density at radius 3 is 2.74 bits per heavy atom. The molecular weight excluding hydrogens is 372 g/mol. The van der Waals surface area contributed by atoms with Crippen molar-refractivity contribution in [2.45, 2.75) is 6.10 Å². The Bertz CT molecular complexity index is 858. The Morgan fingerprint density at radius 2 is 2.00 bits per heavy atom. The molecule has 27 heavy (non-hydrogen) atoms. The van der Waals surface area contributed by atoms with E-state index < -0.39 is 6.10 Å². The van der Waals surface area contributed by atoms with Crippen LogP contribution in [0.5, 0.6) is 17.2 Å². The number of para-hydroxylation sites is 2. The van der Waals surface area contributed by atoms with Crippen LogP contribution in [0.25, 0.3) is 0 Å². The highest BCUT2D eigenvalue weighted by Gasteiger charge is 2.30. The fourth-order valence-corrected chi connectivity index (χ4v) is 2.82. The van der Waals surface area contributed by atoms with Crippen molar-refractivity contribution in [1.29, 1.82) is 0 Å². The van der Waals surface area contributed by atoms with E-state index in [9.17, 15) is 9.59 Å². The number of fused-ring (bicyclic) bond motifs is 1. The van der Waals surface area contributed by atoms with Gasteiger partial charge in [0.25, 0.3) is 5.91 Å². The van der Waals surface area contributed by atoms with E-state index in [2.05, 4.69) is 5.32 Å². The maximum absolute atomic E-state index is 12.6. The number of rotatable bonds is 5. The molecule has 1 aliphatic heterocycles. The third-order valence-corrected chi connectivity index (χ3v) is 4.21. The van der Waals surface area contributed by atoms with Crippen LogP contribution < -0.4 is 19.5 Å². The first-order chi connectivity index (χ1) is 13.0. The van der Waals surface area contributed by atoms with Gasteiger partial charge in [0, 0.05) is 12.1 Å². The number of nitrogens with one attached hydrogen (secondary N) is 1. The molecule has 0 aromatic heterocycles. The predicted molar refractivity (Wildman–Crippen MR) is 101 cm³/mol. The quantitative estimate of drug-likeness (QED) is 0.849. The number of ether oxygens (including phenoxy) is 3. The summed E-state index contributed by atoms with van der Waals surface area (Å²) in [5.41, 5.74) is 0.432. The fraction of sp³-hybridized carbons (Fsp3) is 0.263. The van der Waals surface area contributed by atoms with Crippen LogP contribution in [-0.4, -0.2) is 50.1 Å². The van der Waals surface area contributed by atoms with Gasteiger partial charge in [-0.2, -0.15) is 0 Å². The normalized spacial score (nSPS) is 15.0. The molecule has 0 bridgehead atoms. The first kappa shape index (κ1) is 18.8. The number of carbonyl (C=O) groups excluding carboxylic acids is 2. The average Bonchev–Trinajstić information content (AvgIpc) is 2.67. The molecule has 8 heteroatoms. The number of carbonyl (C=O) groups is 2. The van der Waals surface area contributed by atoms with Crippen LogP contribution in [0.3, 0.4) is 0 Å². The summed E-state index contributed by atoms with van der Waals surface area (Å²) in [6.45, 7) is -0.0695. The predicted octanol–water partition coefficient (Wildman–Crippen LogP) is 2.59. The molecular formula is C19H19ClN2O5. The van der Waals surface area contributed by atoms with Crippen LogP contribution in [0.1, 0.15) is 0 Å². The number of nitrogens with zero attached hydrogens (tertiary/aromatic N) is 1. The first-order valence-corrected chi connectivity index (χ1v) is 8.62. The topological polar surface area (TPSA) is 77.1 Å². The second-order valence-corrected chi connectivity index (χ2v) is 6.39. The Morgan fingerprint density at radius 1 is 1.26 bits per heavy atom. The summed E-state index contributed by atoms with van der Waals surface area (Å²) in [6, 6.07) is 12.0. The smallest absolute Gasteiger partial charge is 0.267 e. The van der Waals surface area contributed by atoms with Gasteiger partial charge in [-0.15, -0.1) is 0 Å². The van der Waals surface area contributed by atoms with E-state index in [1.807, 2.05) is 6.07 Å². The van der Waals surface area contributed by atoms with Gasteiger partial charge >= 0.3 is 0 Å². The number of hydrogen-bond donors (Lipinski definition) is 1. The molecule has 2 aromatic carbocycles. The van der Waals surface area contributed by atoms with Crippen molar-refractivity contribution in [3.05, 3.63) is 47.5 Å². The van der Waals surface area contributed by atoms with Crippen LogP contribution in [0, 0.1) is 0 Å². The standard InChI is InChI=1S/C19H19ClN2O5/c1-22(10-18(23)21-13-9-12(20)7-8-14(13)25-2)19(24)17-11-26-15-5-3-4-6-16(15)27-17/h3-9,17H,10-11H2,1-2H3,(H,21,23)/t17-/m1/s1. The minimum atomic E-state index is -0.807. The summed E-state index contributed by atoms with van der Waals surface area (Å²) in [7, 11) is 3.02. The van der Waals surface area contributed by atoms with Crippen molar-refractivity contribution in [3.63, 3.8) is 0 Å². The van der Waals surface area contributed by atoms with Gasteiger partial charge in [-0.05, 0) is 30.3 Å². The van der Waals surface area contributed by atoms with Gasteiger partial charge in [0.1, 0.15) is 12.4 Å². The van der Waals surface area contributed by atoms with E-state index in [-0.39, 0.29) is 25.0 Å². The molecule has 0 spiro atoms. The van der Waals surface area contributed by atoms with Crippen LogP contribution >= 0.6 is 11.6 Å². The van der Waals surface area contributed by atoms with E-state index in [0.717, 1.165) is 0 Å². The molecule has 2 aromatic rings. The molecule has 2 amide bonds. The summed E-state index contributed by atoms with van der Waals surface area (Å²) in [5.74, 6) is 0.835. The van der Waals surface area contributed by atoms with Gasteiger partial charge in [0.05, 0.1) is 19.3 Å². The molecule has 3 rings (SSSR count). The molecule has 1 N–H and O–H groups in total. The molecule has 1 atom stereocenters. The van der Waals surface area contributed by atoms with Gasteiger partial charge in [0.15, 0.2) is 11.5 Å². The summed E-state index contributed by atoms with van der Waals surface area (Å²) >= 11 is 5.95. The number of methoxy groups -OCH3 is 1. The van der Waals surface area contributed by atoms with E-state index in [1.54, 1.807) is 36.4 Å². The lowest BCUT2D eigenvalue weighted by molar-refractivity contribution is -0.141. The highest BCUT2D eigenvalue weighted by atomic mass is 35.5. The zero-order valence-electron chi connectivity index (χ0n) is 14.9. The largest absolute Gasteiger partial charge is 0.495 e. The van der Waals surface area contributed by atoms with Crippen LogP contribution in [0.4, 0.5) is 5.69 Å². The molecule has 7 nitrogen and oxygen atoms in total. The van der Waals surface area contributed by atoms with Crippen molar-refractivity contribution in [3.8, 4) is 17.2 Å². The molecule has 0 saturated heterocycles. The maximum atomic E-state index is 12.6. The van der Waals surface area contributed by atoms with Gasteiger partial charge < -0.3 is 24.4 Å². The summed E-state index contributed by atoms with van der Waals surface area (Å²) < 4.78 is 16.4. The van der Waals surface area contributed by atoms with Gasteiger partial charge in [0.2, 0.25) is 12.0 Å². The zero-order valence-corrected chi connectivity index (χ0v) is 15.7. The number of benzene rings is 2. The number of hydrogen-bond acceptors (Lipinski definition) is 5. The first-order valence-electron chi connectivity index (χ1n) is 8.25. The third-order valence-electron chi connectivity index (χ3n) is 3.98. The highest BCUT2D eigenvalue weighted by molar-refractivity contribution is 6.31. The number of anilines is 1. The summed E-state index contributed by atoms with van der Waals surface area (Å²) in [6.07, 6.45) is -0.807. The summed E-state index contributed by atoms with van der Waals surface area (Å²) in [4.78, 5) is 26.2. The van der Waals surface area contributed by atoms with Crippen molar-refractivity contribution in [1.82, 2.24) is 4.90 Å². The lowest BCUT2D eigenvalue weighted by Crippen LogP contribution is -2.47. The minimum absolute atomic E-state index is 0.0872. The average molecular weight is 391 g/mol. The molecule has 0 aliphatic carbocycles. The molecule has 0 fully saturated rings. The Kier molecular flexibility index (Phi) is 5.71. The number of halogens is 1. The number of amides is 2. The fourth-order valence-electron chi connectivity index (χ4n) is 2.65. The molecule has 0 radical (unpaired) electrons. The molecule has 0 unspecified atom stereocenters. The third kappa shape index (κ3) is 4.43. The molecule has 1 heterocycles. The van der Waals surface area contributed by atoms with Gasteiger partial charge in [-0.3, -0.25) is 9.59 Å². The van der Waals surface area contributed by atoms with E-state index >= 15 is 0 Å². The molecule has 0 saturated carbocycles. The Balaban J connectivity index is 1.60. The van der Waals surface area contributed by atoms with E-state index in [4.69, 9.17) is 25.8 Å². The SMILES string of the molecule is COc1ccc(Cl)cc1NC(=O)CN(C)C(=O)[C@H]1COc2ccccc2O1. The van der Waals surface area contributed by atoms with Crippen LogP contribution in [0.2, 0.25) is 5.02 Å². The van der Waals surface area contributed by atoms with Crippen molar-refractivity contribution < 1.29 is 23.8 Å². The molecule has 142 valence electrons. The van der Waals surface area contributed by atoms with Crippen molar-refractivity contribution >= 4 is 29.1 Å². The number of likely N-dealkylation sites (N-methyl/N-ethyl adjacent to an activating group) is 1. The molecule has 1 aliphatic rings. The zero-order chi connectivity index (χ0) is 19.4. The monoisotopic (exact) mass is 390 g/mol. The Hall–Kier alpha value is -2.93. The second-order valence-electron chi connectivity index (χ2n) is 5.95. The van der Waals surface area contributed by atoms with Crippen LogP contribution in [0.15, 0.2) is 42.5 Å². The highest BCUT2D eigenvalue weighted by Crippen LogP contribution is 2.31. The van der Waals surface area contributed by atoms with Gasteiger partial charge in [-0.25, -0.2) is 0 Å². The van der Waals surface area contributed by atoms with E-state index in [0.29, 0.717) is 28.0 Å². The Labute approximate surface area is 161 Å². The van der Waals surface area contributed by atoms with Gasteiger partial charge in [-0.1, -0.05) is 23.7 Å². The van der Waals surface area contributed by atoms with Crippen molar-refractivity contribution in [2.75, 3.05) is 32.6 Å². The lowest BCUT2D eigenvalue weighted by Gasteiger charge is -2.28. The summed E-state index contributed by atoms with van der Waals surface area (Å²) in [5, 5.41) is 3.15.